The summed E-state index contributed by atoms with van der Waals surface area (Å²) in [5.41, 5.74) is 6.19. The third-order valence-electron chi connectivity index (χ3n) is 3.39. The summed E-state index contributed by atoms with van der Waals surface area (Å²) in [5, 5.41) is 4.50. The molecule has 0 bridgehead atoms. The second-order valence-corrected chi connectivity index (χ2v) is 5.26. The summed E-state index contributed by atoms with van der Waals surface area (Å²) in [6.45, 7) is 2.93. The Labute approximate surface area is 114 Å². The van der Waals surface area contributed by atoms with Crippen molar-refractivity contribution >= 4 is 11.6 Å². The fraction of sp³-hybridized carbons (Fsp3) is 0.417. The van der Waals surface area contributed by atoms with Crippen LogP contribution in [0, 0.1) is 0 Å². The molecule has 0 amide bonds. The lowest BCUT2D eigenvalue weighted by Gasteiger charge is -2.21. The number of nitrogens with zero attached hydrogens (tertiary/aromatic N) is 3. The summed E-state index contributed by atoms with van der Waals surface area (Å²) < 4.78 is 10.7. The summed E-state index contributed by atoms with van der Waals surface area (Å²) in [5.74, 6) is 0.899. The highest BCUT2D eigenvalue weighted by Crippen LogP contribution is 2.31. The van der Waals surface area contributed by atoms with Crippen molar-refractivity contribution in [2.45, 2.75) is 18.4 Å². The zero-order valence-corrected chi connectivity index (χ0v) is 11.1. The fourth-order valence-corrected chi connectivity index (χ4v) is 2.09. The molecule has 2 aromatic rings. The normalized spacial score (nSPS) is 26.8. The van der Waals surface area contributed by atoms with Crippen molar-refractivity contribution in [2.75, 3.05) is 13.2 Å². The van der Waals surface area contributed by atoms with E-state index < -0.39 is 5.41 Å². The first kappa shape index (κ1) is 12.5. The van der Waals surface area contributed by atoms with Crippen LogP contribution in [0.25, 0.3) is 11.5 Å². The molecule has 0 aromatic carbocycles. The summed E-state index contributed by atoms with van der Waals surface area (Å²) in [4.78, 5) is 8.52. The Morgan fingerprint density at radius 1 is 1.47 bits per heavy atom. The molecule has 3 rings (SSSR count). The minimum atomic E-state index is -0.447. The Bertz CT molecular complexity index is 586. The molecule has 2 unspecified atom stereocenters. The van der Waals surface area contributed by atoms with Crippen LogP contribution >= 0.6 is 11.6 Å². The molecule has 1 aliphatic rings. The molecule has 2 aromatic heterocycles. The minimum Gasteiger partial charge on any atom is -0.379 e. The van der Waals surface area contributed by atoms with Gasteiger partial charge < -0.3 is 15.0 Å². The number of aromatic nitrogens is 3. The lowest BCUT2D eigenvalue weighted by Crippen LogP contribution is -2.42. The van der Waals surface area contributed by atoms with Gasteiger partial charge in [-0.25, -0.2) is 0 Å². The molecule has 2 N–H and O–H groups in total. The van der Waals surface area contributed by atoms with Crippen LogP contribution in [-0.4, -0.2) is 34.4 Å². The fourth-order valence-electron chi connectivity index (χ4n) is 1.98. The van der Waals surface area contributed by atoms with Crippen LogP contribution in [-0.2, 0) is 10.2 Å². The van der Waals surface area contributed by atoms with Crippen LogP contribution < -0.4 is 5.73 Å². The Kier molecular flexibility index (Phi) is 3.00. The highest BCUT2D eigenvalue weighted by molar-refractivity contribution is 6.30. The summed E-state index contributed by atoms with van der Waals surface area (Å²) in [6, 6.07) is 3.31. The molecule has 1 aliphatic heterocycles. The molecule has 0 spiro atoms. The Morgan fingerprint density at radius 3 is 2.95 bits per heavy atom. The van der Waals surface area contributed by atoms with Gasteiger partial charge in [-0.05, 0) is 19.1 Å². The van der Waals surface area contributed by atoms with Crippen LogP contribution in [0.2, 0.25) is 5.02 Å². The van der Waals surface area contributed by atoms with E-state index >= 15 is 0 Å². The lowest BCUT2D eigenvalue weighted by atomic mass is 9.86. The molecular formula is C12H13ClN4O2. The maximum absolute atomic E-state index is 6.03. The van der Waals surface area contributed by atoms with Gasteiger partial charge in [0.1, 0.15) is 5.69 Å². The van der Waals surface area contributed by atoms with Gasteiger partial charge in [-0.1, -0.05) is 16.8 Å². The van der Waals surface area contributed by atoms with Crippen LogP contribution in [0.1, 0.15) is 12.8 Å². The zero-order chi connectivity index (χ0) is 13.5. The van der Waals surface area contributed by atoms with E-state index in [2.05, 4.69) is 15.1 Å². The van der Waals surface area contributed by atoms with Crippen LogP contribution in [0.5, 0.6) is 0 Å². The van der Waals surface area contributed by atoms with Gasteiger partial charge in [-0.2, -0.15) is 4.98 Å². The largest absolute Gasteiger partial charge is 0.379 e. The Balaban J connectivity index is 1.93. The van der Waals surface area contributed by atoms with E-state index in [1.54, 1.807) is 18.3 Å². The van der Waals surface area contributed by atoms with E-state index in [4.69, 9.17) is 26.6 Å². The number of hydrogen-bond donors (Lipinski definition) is 1. The zero-order valence-electron chi connectivity index (χ0n) is 10.3. The average molecular weight is 281 g/mol. The molecule has 0 aliphatic carbocycles. The number of hydrogen-bond acceptors (Lipinski definition) is 6. The molecule has 19 heavy (non-hydrogen) atoms. The van der Waals surface area contributed by atoms with E-state index in [0.29, 0.717) is 35.6 Å². The lowest BCUT2D eigenvalue weighted by molar-refractivity contribution is 0.169. The van der Waals surface area contributed by atoms with Gasteiger partial charge in [-0.15, -0.1) is 0 Å². The molecule has 3 heterocycles. The molecule has 1 fully saturated rings. The quantitative estimate of drug-likeness (QED) is 0.895. The van der Waals surface area contributed by atoms with Gasteiger partial charge in [0, 0.05) is 12.2 Å². The second kappa shape index (κ2) is 4.56. The highest BCUT2D eigenvalue weighted by atomic mass is 35.5. The molecular weight excluding hydrogens is 268 g/mol. The first-order valence-corrected chi connectivity index (χ1v) is 6.27. The predicted molar refractivity (Wildman–Crippen MR) is 68.7 cm³/mol. The van der Waals surface area contributed by atoms with Crippen molar-refractivity contribution in [1.82, 2.24) is 15.1 Å². The van der Waals surface area contributed by atoms with Crippen molar-refractivity contribution in [3.8, 4) is 11.5 Å². The molecule has 7 heteroatoms. The standard InChI is InChI=1S/C12H13ClN4O2/c1-12(6-18-5-9(12)14)11-16-10(17-19-11)8-3-2-7(13)4-15-8/h2-4,9H,5-6,14H2,1H3. The van der Waals surface area contributed by atoms with Crippen molar-refractivity contribution < 1.29 is 9.26 Å². The van der Waals surface area contributed by atoms with Crippen molar-refractivity contribution in [3.05, 3.63) is 29.2 Å². The van der Waals surface area contributed by atoms with Gasteiger partial charge in [0.25, 0.3) is 0 Å². The van der Waals surface area contributed by atoms with E-state index in [0.717, 1.165) is 0 Å². The molecule has 2 atom stereocenters. The Morgan fingerprint density at radius 2 is 2.32 bits per heavy atom. The van der Waals surface area contributed by atoms with Crippen LogP contribution in [0.15, 0.2) is 22.9 Å². The van der Waals surface area contributed by atoms with Crippen LogP contribution in [0.3, 0.4) is 0 Å². The van der Waals surface area contributed by atoms with E-state index in [9.17, 15) is 0 Å². The summed E-state index contributed by atoms with van der Waals surface area (Å²) >= 11 is 5.79. The van der Waals surface area contributed by atoms with Crippen molar-refractivity contribution in [1.29, 1.82) is 0 Å². The van der Waals surface area contributed by atoms with Gasteiger partial charge in [0.15, 0.2) is 0 Å². The van der Waals surface area contributed by atoms with Gasteiger partial charge >= 0.3 is 0 Å². The maximum Gasteiger partial charge on any atom is 0.236 e. The third-order valence-corrected chi connectivity index (χ3v) is 3.61. The molecule has 6 nitrogen and oxygen atoms in total. The number of rotatable bonds is 2. The SMILES string of the molecule is CC1(c2nc(-c3ccc(Cl)cn3)no2)COCC1N. The average Bonchev–Trinajstić information content (AvgIpc) is 3.00. The summed E-state index contributed by atoms with van der Waals surface area (Å²) in [7, 11) is 0. The monoisotopic (exact) mass is 280 g/mol. The smallest absolute Gasteiger partial charge is 0.236 e. The van der Waals surface area contributed by atoms with Crippen molar-refractivity contribution in [2.24, 2.45) is 5.73 Å². The first-order chi connectivity index (χ1) is 9.09. The number of pyridine rings is 1. The van der Waals surface area contributed by atoms with E-state index in [-0.39, 0.29) is 6.04 Å². The second-order valence-electron chi connectivity index (χ2n) is 4.82. The highest BCUT2D eigenvalue weighted by Gasteiger charge is 2.44. The number of halogens is 1. The number of nitrogens with two attached hydrogens (primary N) is 1. The summed E-state index contributed by atoms with van der Waals surface area (Å²) in [6.07, 6.45) is 1.54. The first-order valence-electron chi connectivity index (χ1n) is 5.89. The molecule has 100 valence electrons. The molecule has 0 radical (unpaired) electrons. The maximum atomic E-state index is 6.03. The van der Waals surface area contributed by atoms with E-state index in [1.807, 2.05) is 6.92 Å². The Hall–Kier alpha value is -1.50. The third kappa shape index (κ3) is 2.11. The number of ether oxygens (including phenoxy) is 1. The van der Waals surface area contributed by atoms with Gasteiger partial charge in [-0.3, -0.25) is 4.98 Å². The van der Waals surface area contributed by atoms with Crippen LogP contribution in [0.4, 0.5) is 0 Å². The molecule has 0 saturated carbocycles. The van der Waals surface area contributed by atoms with Crippen molar-refractivity contribution in [3.63, 3.8) is 0 Å². The topological polar surface area (TPSA) is 87.1 Å². The van der Waals surface area contributed by atoms with Gasteiger partial charge in [0.05, 0.1) is 23.7 Å². The van der Waals surface area contributed by atoms with E-state index in [1.165, 1.54) is 0 Å². The van der Waals surface area contributed by atoms with Gasteiger partial charge in [0.2, 0.25) is 11.7 Å². The molecule has 1 saturated heterocycles. The minimum absolute atomic E-state index is 0.154. The predicted octanol–water partition coefficient (Wildman–Crippen LogP) is 1.40.